The highest BCUT2D eigenvalue weighted by Gasteiger charge is 2.21. The molecule has 0 saturated carbocycles. The summed E-state index contributed by atoms with van der Waals surface area (Å²) in [5.74, 6) is 0.878. The number of methoxy groups -OCH3 is 1. The normalized spacial score (nSPS) is 16.1. The highest BCUT2D eigenvalue weighted by Crippen LogP contribution is 2.28. The van der Waals surface area contributed by atoms with Crippen LogP contribution in [0.2, 0.25) is 0 Å². The topological polar surface area (TPSA) is 70.8 Å². The molecule has 2 heterocycles. The van der Waals surface area contributed by atoms with Crippen LogP contribution in [-0.4, -0.2) is 65.7 Å². The number of ether oxygens (including phenoxy) is 1. The predicted molar refractivity (Wildman–Crippen MR) is 114 cm³/mol. The highest BCUT2D eigenvalue weighted by molar-refractivity contribution is 5.80. The van der Waals surface area contributed by atoms with Crippen molar-refractivity contribution in [2.24, 2.45) is 0 Å². The number of nitrogens with zero attached hydrogens (tertiary/aromatic N) is 4. The summed E-state index contributed by atoms with van der Waals surface area (Å²) in [6.45, 7) is 4.12. The molecule has 1 unspecified atom stereocenters. The summed E-state index contributed by atoms with van der Waals surface area (Å²) in [7, 11) is 1.69. The zero-order valence-electron chi connectivity index (χ0n) is 16.6. The van der Waals surface area contributed by atoms with Crippen molar-refractivity contribution in [3.05, 3.63) is 65.1 Å². The Balaban J connectivity index is 1.35. The van der Waals surface area contributed by atoms with Crippen molar-refractivity contribution in [3.8, 4) is 5.75 Å². The van der Waals surface area contributed by atoms with E-state index in [9.17, 15) is 9.90 Å². The van der Waals surface area contributed by atoms with Crippen molar-refractivity contribution in [2.75, 3.05) is 44.7 Å². The molecular formula is C22H26N4O3. The number of aliphatic hydroxyl groups is 1. The number of fused-ring (bicyclic) bond motifs is 1. The smallest absolute Gasteiger partial charge is 0.274 e. The van der Waals surface area contributed by atoms with Gasteiger partial charge in [0.1, 0.15) is 5.75 Å². The Bertz CT molecular complexity index is 1030. The van der Waals surface area contributed by atoms with Crippen LogP contribution >= 0.6 is 0 Å². The maximum absolute atomic E-state index is 12.6. The molecule has 2 aromatic carbocycles. The Morgan fingerprint density at radius 1 is 1.03 bits per heavy atom. The third-order valence-electron chi connectivity index (χ3n) is 5.41. The van der Waals surface area contributed by atoms with Crippen LogP contribution < -0.4 is 15.2 Å². The fourth-order valence-corrected chi connectivity index (χ4v) is 3.88. The molecule has 152 valence electrons. The van der Waals surface area contributed by atoms with E-state index in [0.717, 1.165) is 43.0 Å². The van der Waals surface area contributed by atoms with Gasteiger partial charge in [-0.3, -0.25) is 9.69 Å². The Labute approximate surface area is 169 Å². The van der Waals surface area contributed by atoms with Crippen molar-refractivity contribution >= 4 is 16.5 Å². The molecule has 0 radical (unpaired) electrons. The molecule has 7 heteroatoms. The van der Waals surface area contributed by atoms with Gasteiger partial charge in [0.15, 0.2) is 0 Å². The van der Waals surface area contributed by atoms with E-state index in [4.69, 9.17) is 4.74 Å². The molecule has 0 spiro atoms. The first-order chi connectivity index (χ1) is 14.2. The van der Waals surface area contributed by atoms with E-state index in [1.165, 1.54) is 4.68 Å². The Morgan fingerprint density at radius 2 is 1.76 bits per heavy atom. The zero-order chi connectivity index (χ0) is 20.2. The summed E-state index contributed by atoms with van der Waals surface area (Å²) >= 11 is 0. The lowest BCUT2D eigenvalue weighted by atomic mass is 10.2. The van der Waals surface area contributed by atoms with Crippen LogP contribution in [0.25, 0.3) is 10.8 Å². The van der Waals surface area contributed by atoms with Crippen molar-refractivity contribution in [2.45, 2.75) is 12.6 Å². The summed E-state index contributed by atoms with van der Waals surface area (Å²) in [5, 5.41) is 16.2. The largest absolute Gasteiger partial charge is 0.495 e. The summed E-state index contributed by atoms with van der Waals surface area (Å²) in [6, 6.07) is 15.4. The van der Waals surface area contributed by atoms with Gasteiger partial charge in [-0.15, -0.1) is 0 Å². The van der Waals surface area contributed by atoms with E-state index in [1.54, 1.807) is 19.4 Å². The molecule has 1 saturated heterocycles. The average Bonchev–Trinajstić information content (AvgIpc) is 2.76. The minimum atomic E-state index is -0.654. The molecule has 1 fully saturated rings. The highest BCUT2D eigenvalue weighted by atomic mass is 16.5. The van der Waals surface area contributed by atoms with Gasteiger partial charge in [0.25, 0.3) is 5.56 Å². The van der Waals surface area contributed by atoms with Crippen molar-refractivity contribution in [1.82, 2.24) is 14.7 Å². The van der Waals surface area contributed by atoms with Crippen LogP contribution in [0.3, 0.4) is 0 Å². The molecular weight excluding hydrogens is 368 g/mol. The predicted octanol–water partition coefficient (Wildman–Crippen LogP) is 1.59. The molecule has 29 heavy (non-hydrogen) atoms. The van der Waals surface area contributed by atoms with Gasteiger partial charge in [0, 0.05) is 38.1 Å². The molecule has 1 aromatic heterocycles. The number of piperazine rings is 1. The molecule has 1 aliphatic heterocycles. The number of aromatic nitrogens is 2. The minimum absolute atomic E-state index is 0.164. The second-order valence-electron chi connectivity index (χ2n) is 7.33. The molecule has 1 N–H and O–H groups in total. The van der Waals surface area contributed by atoms with Crippen molar-refractivity contribution < 1.29 is 9.84 Å². The van der Waals surface area contributed by atoms with Crippen LogP contribution in [0, 0.1) is 0 Å². The second kappa shape index (κ2) is 8.63. The molecule has 0 aliphatic carbocycles. The first-order valence-corrected chi connectivity index (χ1v) is 9.89. The minimum Gasteiger partial charge on any atom is -0.495 e. The first kappa shape index (κ1) is 19.4. The third-order valence-corrected chi connectivity index (χ3v) is 5.41. The summed E-state index contributed by atoms with van der Waals surface area (Å²) in [4.78, 5) is 17.1. The Kier molecular flexibility index (Phi) is 5.78. The monoisotopic (exact) mass is 394 g/mol. The van der Waals surface area contributed by atoms with Gasteiger partial charge in [0.05, 0.1) is 37.0 Å². The van der Waals surface area contributed by atoms with Crippen LogP contribution in [0.5, 0.6) is 5.75 Å². The summed E-state index contributed by atoms with van der Waals surface area (Å²) < 4.78 is 6.82. The molecule has 0 amide bonds. The van der Waals surface area contributed by atoms with E-state index in [2.05, 4.69) is 21.0 Å². The van der Waals surface area contributed by atoms with Gasteiger partial charge in [-0.25, -0.2) is 4.68 Å². The fraction of sp³-hybridized carbons (Fsp3) is 0.364. The van der Waals surface area contributed by atoms with Gasteiger partial charge >= 0.3 is 0 Å². The van der Waals surface area contributed by atoms with E-state index >= 15 is 0 Å². The number of benzene rings is 2. The van der Waals surface area contributed by atoms with Crippen molar-refractivity contribution in [1.29, 1.82) is 0 Å². The number of aliphatic hydroxyl groups excluding tert-OH is 1. The van der Waals surface area contributed by atoms with Gasteiger partial charge in [0.2, 0.25) is 0 Å². The Hall–Kier alpha value is -2.90. The zero-order valence-corrected chi connectivity index (χ0v) is 16.6. The van der Waals surface area contributed by atoms with Crippen LogP contribution in [0.15, 0.2) is 59.5 Å². The third kappa shape index (κ3) is 4.26. The quantitative estimate of drug-likeness (QED) is 0.685. The molecule has 1 aliphatic rings. The molecule has 4 rings (SSSR count). The number of β-amino-alcohol motifs (C(OH)–C–C–N with tert-alkyl or cyclic N) is 1. The fourth-order valence-electron chi connectivity index (χ4n) is 3.88. The van der Waals surface area contributed by atoms with E-state index in [0.29, 0.717) is 11.9 Å². The summed E-state index contributed by atoms with van der Waals surface area (Å²) in [5.41, 5.74) is 0.935. The number of hydrogen-bond acceptors (Lipinski definition) is 6. The maximum Gasteiger partial charge on any atom is 0.274 e. The standard InChI is InChI=1S/C22H26N4O3/c1-29-21-9-5-4-8-20(21)25-12-10-24(11-13-25)15-18(27)16-26-22(28)19-7-3-2-6-17(19)14-23-26/h2-9,14,18,27H,10-13,15-16H2,1H3. The van der Waals surface area contributed by atoms with Crippen LogP contribution in [0.4, 0.5) is 5.69 Å². The number of anilines is 1. The number of para-hydroxylation sites is 2. The maximum atomic E-state index is 12.6. The van der Waals surface area contributed by atoms with Crippen LogP contribution in [0.1, 0.15) is 0 Å². The van der Waals surface area contributed by atoms with Gasteiger partial charge in [-0.2, -0.15) is 5.10 Å². The molecule has 7 nitrogen and oxygen atoms in total. The van der Waals surface area contributed by atoms with Gasteiger partial charge < -0.3 is 14.7 Å². The molecule has 3 aromatic rings. The molecule has 1 atom stereocenters. The summed E-state index contributed by atoms with van der Waals surface area (Å²) in [6.07, 6.45) is 1.02. The molecule has 0 bridgehead atoms. The van der Waals surface area contributed by atoms with Gasteiger partial charge in [-0.1, -0.05) is 30.3 Å². The lowest BCUT2D eigenvalue weighted by Gasteiger charge is -2.37. The van der Waals surface area contributed by atoms with Crippen LogP contribution in [-0.2, 0) is 6.54 Å². The Morgan fingerprint density at radius 3 is 2.55 bits per heavy atom. The second-order valence-corrected chi connectivity index (χ2v) is 7.33. The lowest BCUT2D eigenvalue weighted by Crippen LogP contribution is -2.49. The van der Waals surface area contributed by atoms with E-state index in [1.807, 2.05) is 36.4 Å². The average molecular weight is 394 g/mol. The first-order valence-electron chi connectivity index (χ1n) is 9.89. The number of hydrogen-bond donors (Lipinski definition) is 1. The lowest BCUT2D eigenvalue weighted by molar-refractivity contribution is 0.0909. The van der Waals surface area contributed by atoms with E-state index < -0.39 is 6.10 Å². The number of rotatable bonds is 6. The SMILES string of the molecule is COc1ccccc1N1CCN(CC(O)Cn2ncc3ccccc3c2=O)CC1. The van der Waals surface area contributed by atoms with Gasteiger partial charge in [-0.05, 0) is 18.2 Å². The van der Waals surface area contributed by atoms with E-state index in [-0.39, 0.29) is 12.1 Å². The van der Waals surface area contributed by atoms with Crippen molar-refractivity contribution in [3.63, 3.8) is 0 Å².